The molecule has 4 aromatic carbocycles. The van der Waals surface area contributed by atoms with Crippen LogP contribution >= 0.6 is 0 Å². The monoisotopic (exact) mass is 532 g/mol. The van der Waals surface area contributed by atoms with Crippen molar-refractivity contribution in [2.45, 2.75) is 25.3 Å². The fourth-order valence-corrected chi connectivity index (χ4v) is 6.69. The van der Waals surface area contributed by atoms with Crippen molar-refractivity contribution in [3.63, 3.8) is 0 Å². The van der Waals surface area contributed by atoms with Gasteiger partial charge in [-0.3, -0.25) is 9.80 Å². The molecule has 6 heteroatoms. The summed E-state index contributed by atoms with van der Waals surface area (Å²) in [4.78, 5) is 4.71. The smallest absolute Gasteiger partial charge is 0.0845 e. The highest BCUT2D eigenvalue weighted by Crippen LogP contribution is 2.30. The molecule has 0 saturated carbocycles. The quantitative estimate of drug-likeness (QED) is 0.292. The largest absolute Gasteiger partial charge is 0.390 e. The molecule has 0 radical (unpaired) electrons. The molecule has 7 rings (SSSR count). The van der Waals surface area contributed by atoms with Gasteiger partial charge in [0.1, 0.15) is 0 Å². The van der Waals surface area contributed by atoms with Gasteiger partial charge in [-0.05, 0) is 24.3 Å². The molecule has 0 amide bonds. The molecule has 2 atom stereocenters. The fraction of sp³-hybridized carbons (Fsp3) is 0.294. The maximum atomic E-state index is 11.1. The number of aromatic nitrogens is 2. The van der Waals surface area contributed by atoms with E-state index in [0.717, 1.165) is 26.2 Å². The van der Waals surface area contributed by atoms with Crippen LogP contribution in [-0.4, -0.2) is 80.6 Å². The molecule has 1 aliphatic heterocycles. The Labute approximate surface area is 234 Å². The van der Waals surface area contributed by atoms with Crippen LogP contribution in [-0.2, 0) is 13.1 Å². The Morgan fingerprint density at radius 1 is 0.425 bits per heavy atom. The van der Waals surface area contributed by atoms with E-state index in [1.54, 1.807) is 0 Å². The maximum Gasteiger partial charge on any atom is 0.0845 e. The van der Waals surface area contributed by atoms with Gasteiger partial charge in [0.15, 0.2) is 0 Å². The molecule has 6 aromatic rings. The average Bonchev–Trinajstić information content (AvgIpc) is 3.47. The predicted octanol–water partition coefficient (Wildman–Crippen LogP) is 4.94. The van der Waals surface area contributed by atoms with E-state index >= 15 is 0 Å². The Morgan fingerprint density at radius 3 is 1.00 bits per heavy atom. The van der Waals surface area contributed by atoms with Gasteiger partial charge in [-0.1, -0.05) is 72.8 Å². The van der Waals surface area contributed by atoms with Crippen molar-refractivity contribution in [1.82, 2.24) is 18.9 Å². The lowest BCUT2D eigenvalue weighted by Crippen LogP contribution is -2.50. The fourth-order valence-electron chi connectivity index (χ4n) is 6.69. The highest BCUT2D eigenvalue weighted by Gasteiger charge is 2.23. The highest BCUT2D eigenvalue weighted by atomic mass is 16.3. The van der Waals surface area contributed by atoms with Gasteiger partial charge in [-0.2, -0.15) is 0 Å². The molecule has 40 heavy (non-hydrogen) atoms. The Kier molecular flexibility index (Phi) is 6.77. The molecule has 1 aliphatic rings. The zero-order valence-corrected chi connectivity index (χ0v) is 22.7. The van der Waals surface area contributed by atoms with Crippen LogP contribution in [0.1, 0.15) is 0 Å². The van der Waals surface area contributed by atoms with E-state index in [9.17, 15) is 10.2 Å². The minimum Gasteiger partial charge on any atom is -0.390 e. The maximum absolute atomic E-state index is 11.1. The Hall–Kier alpha value is -3.68. The van der Waals surface area contributed by atoms with Crippen molar-refractivity contribution in [3.05, 3.63) is 97.1 Å². The van der Waals surface area contributed by atoms with Gasteiger partial charge in [-0.25, -0.2) is 0 Å². The Bertz CT molecular complexity index is 1540. The summed E-state index contributed by atoms with van der Waals surface area (Å²) in [6.45, 7) is 6.03. The standard InChI is InChI=1S/C34H36N4O2/c39-25(23-37-31-13-5-1-9-27(31)28-10-2-6-14-32(28)37)21-35-17-19-36(20-18-35)22-26(40)24-38-33-15-7-3-11-29(33)30-12-4-8-16-34(30)38/h1-16,25-26,39-40H,17-24H2/t25-,26-/m0/s1. The van der Waals surface area contributed by atoms with Gasteiger partial charge >= 0.3 is 0 Å². The van der Waals surface area contributed by atoms with Crippen molar-refractivity contribution < 1.29 is 10.2 Å². The van der Waals surface area contributed by atoms with Crippen LogP contribution in [0.2, 0.25) is 0 Å². The van der Waals surface area contributed by atoms with E-state index in [1.807, 2.05) is 0 Å². The molecule has 204 valence electrons. The van der Waals surface area contributed by atoms with E-state index < -0.39 is 12.2 Å². The SMILES string of the molecule is O[C@@H](CN1CCN(C[C@H](O)Cn2c3ccccc3c3ccccc32)CC1)Cn1c2ccccc2c2ccccc21. The molecule has 3 heterocycles. The third-order valence-corrected chi connectivity index (χ3v) is 8.55. The van der Waals surface area contributed by atoms with Crippen molar-refractivity contribution >= 4 is 43.6 Å². The third-order valence-electron chi connectivity index (χ3n) is 8.55. The van der Waals surface area contributed by atoms with Gasteiger partial charge in [0.05, 0.1) is 25.3 Å². The van der Waals surface area contributed by atoms with Crippen molar-refractivity contribution in [1.29, 1.82) is 0 Å². The molecule has 1 fully saturated rings. The van der Waals surface area contributed by atoms with Gasteiger partial charge in [0.2, 0.25) is 0 Å². The van der Waals surface area contributed by atoms with E-state index in [1.165, 1.54) is 43.6 Å². The summed E-state index contributed by atoms with van der Waals surface area (Å²) in [6, 6.07) is 33.8. The number of fused-ring (bicyclic) bond motifs is 6. The summed E-state index contributed by atoms with van der Waals surface area (Å²) < 4.78 is 4.52. The van der Waals surface area contributed by atoms with Crippen molar-refractivity contribution in [3.8, 4) is 0 Å². The van der Waals surface area contributed by atoms with E-state index in [2.05, 4.69) is 116 Å². The topological polar surface area (TPSA) is 56.8 Å². The number of hydrogen-bond donors (Lipinski definition) is 2. The first-order valence-electron chi connectivity index (χ1n) is 14.4. The van der Waals surface area contributed by atoms with Crippen LogP contribution in [0.3, 0.4) is 0 Å². The first-order chi connectivity index (χ1) is 19.7. The summed E-state index contributed by atoms with van der Waals surface area (Å²) in [7, 11) is 0. The number of aliphatic hydroxyl groups excluding tert-OH is 2. The average molecular weight is 533 g/mol. The van der Waals surface area contributed by atoms with Crippen LogP contribution < -0.4 is 0 Å². The van der Waals surface area contributed by atoms with Crippen LogP contribution in [0.4, 0.5) is 0 Å². The molecule has 1 saturated heterocycles. The van der Waals surface area contributed by atoms with E-state index in [4.69, 9.17) is 0 Å². The summed E-state index contributed by atoms with van der Waals surface area (Å²) >= 11 is 0. The number of benzene rings is 4. The van der Waals surface area contributed by atoms with Crippen molar-refractivity contribution in [2.24, 2.45) is 0 Å². The minimum atomic E-state index is -0.452. The Morgan fingerprint density at radius 2 is 0.700 bits per heavy atom. The number of hydrogen-bond acceptors (Lipinski definition) is 4. The van der Waals surface area contributed by atoms with E-state index in [-0.39, 0.29) is 0 Å². The second-order valence-electron chi connectivity index (χ2n) is 11.2. The number of para-hydroxylation sites is 4. The molecule has 0 aliphatic carbocycles. The summed E-state index contributed by atoms with van der Waals surface area (Å²) in [5, 5.41) is 27.1. The molecule has 0 spiro atoms. The zero-order valence-electron chi connectivity index (χ0n) is 22.7. The minimum absolute atomic E-state index is 0.452. The second kappa shape index (κ2) is 10.7. The lowest BCUT2D eigenvalue weighted by Gasteiger charge is -2.36. The number of nitrogens with zero attached hydrogens (tertiary/aromatic N) is 4. The normalized spacial score (nSPS) is 16.9. The summed E-state index contributed by atoms with van der Waals surface area (Å²) in [5.74, 6) is 0. The summed E-state index contributed by atoms with van der Waals surface area (Å²) in [6.07, 6.45) is -0.904. The van der Waals surface area contributed by atoms with Crippen LogP contribution in [0.5, 0.6) is 0 Å². The number of piperazine rings is 1. The number of aliphatic hydroxyl groups is 2. The summed E-state index contributed by atoms with van der Waals surface area (Å²) in [5.41, 5.74) is 4.68. The predicted molar refractivity (Wildman–Crippen MR) is 164 cm³/mol. The van der Waals surface area contributed by atoms with Crippen LogP contribution in [0.25, 0.3) is 43.6 Å². The van der Waals surface area contributed by atoms with Crippen LogP contribution in [0.15, 0.2) is 97.1 Å². The molecule has 6 nitrogen and oxygen atoms in total. The molecule has 0 unspecified atom stereocenters. The first kappa shape index (κ1) is 25.3. The highest BCUT2D eigenvalue weighted by molar-refractivity contribution is 6.08. The zero-order chi connectivity index (χ0) is 27.1. The van der Waals surface area contributed by atoms with Gasteiger partial charge in [0.25, 0.3) is 0 Å². The van der Waals surface area contributed by atoms with Gasteiger partial charge < -0.3 is 19.3 Å². The Balaban J connectivity index is 0.965. The van der Waals surface area contributed by atoms with Crippen LogP contribution in [0, 0.1) is 0 Å². The van der Waals surface area contributed by atoms with Crippen molar-refractivity contribution in [2.75, 3.05) is 39.3 Å². The van der Waals surface area contributed by atoms with E-state index in [0.29, 0.717) is 26.2 Å². The molecule has 0 bridgehead atoms. The molecular weight excluding hydrogens is 496 g/mol. The lowest BCUT2D eigenvalue weighted by atomic mass is 10.2. The second-order valence-corrected chi connectivity index (χ2v) is 11.2. The number of β-amino-alcohol motifs (C(OH)–C–C–N with tert-alkyl or cyclic N) is 2. The van der Waals surface area contributed by atoms with Gasteiger partial charge in [0, 0.05) is 82.9 Å². The number of rotatable bonds is 8. The molecule has 2 N–H and O–H groups in total. The molecule has 2 aromatic heterocycles. The molecular formula is C34H36N4O2. The first-order valence-corrected chi connectivity index (χ1v) is 14.4. The van der Waals surface area contributed by atoms with Gasteiger partial charge in [-0.15, -0.1) is 0 Å². The lowest BCUT2D eigenvalue weighted by molar-refractivity contribution is 0.0415. The third kappa shape index (κ3) is 4.67.